The minimum atomic E-state index is 0.411. The lowest BCUT2D eigenvalue weighted by atomic mass is 10.1. The highest BCUT2D eigenvalue weighted by molar-refractivity contribution is 5.48. The van der Waals surface area contributed by atoms with Crippen LogP contribution < -0.4 is 10.6 Å². The molecule has 4 nitrogen and oxygen atoms in total. The molecular weight excluding hydrogens is 226 g/mol. The number of pyridine rings is 1. The molecule has 4 heteroatoms. The number of nitrogens with two attached hydrogens (primary N) is 1. The summed E-state index contributed by atoms with van der Waals surface area (Å²) in [6.45, 7) is 4.79. The predicted octanol–water partition coefficient (Wildman–Crippen LogP) is 1.26. The van der Waals surface area contributed by atoms with E-state index in [-0.39, 0.29) is 0 Å². The Hall–Kier alpha value is -1.13. The molecule has 2 aliphatic heterocycles. The third-order valence-corrected chi connectivity index (χ3v) is 3.88. The van der Waals surface area contributed by atoms with Gasteiger partial charge in [-0.1, -0.05) is 6.07 Å². The number of fused-ring (bicyclic) bond motifs is 2. The Balaban J connectivity index is 1.79. The molecular formula is C14H21N3O. The maximum Gasteiger partial charge on any atom is 0.131 e. The zero-order valence-electron chi connectivity index (χ0n) is 10.9. The van der Waals surface area contributed by atoms with Crippen molar-refractivity contribution in [3.8, 4) is 0 Å². The maximum absolute atomic E-state index is 5.87. The lowest BCUT2D eigenvalue weighted by Crippen LogP contribution is -2.43. The third kappa shape index (κ3) is 2.22. The molecule has 0 spiro atoms. The van der Waals surface area contributed by atoms with E-state index in [1.807, 2.05) is 6.20 Å². The molecule has 3 rings (SSSR count). The fourth-order valence-corrected chi connectivity index (χ4v) is 3.05. The molecule has 0 aromatic carbocycles. The van der Waals surface area contributed by atoms with E-state index in [1.165, 1.54) is 24.0 Å². The molecule has 2 N–H and O–H groups in total. The molecule has 2 saturated heterocycles. The molecule has 2 bridgehead atoms. The van der Waals surface area contributed by atoms with Crippen LogP contribution in [0.5, 0.6) is 0 Å². The summed E-state index contributed by atoms with van der Waals surface area (Å²) < 4.78 is 5.87. The van der Waals surface area contributed by atoms with Gasteiger partial charge in [-0.3, -0.25) is 0 Å². The van der Waals surface area contributed by atoms with Crippen LogP contribution in [-0.4, -0.2) is 36.8 Å². The van der Waals surface area contributed by atoms with E-state index in [1.54, 1.807) is 0 Å². The van der Waals surface area contributed by atoms with Crippen LogP contribution in [0.15, 0.2) is 12.3 Å². The van der Waals surface area contributed by atoms with Gasteiger partial charge in [-0.2, -0.15) is 0 Å². The molecule has 98 valence electrons. The highest BCUT2D eigenvalue weighted by Crippen LogP contribution is 2.30. The summed E-state index contributed by atoms with van der Waals surface area (Å²) in [5.41, 5.74) is 8.06. The number of nitrogens with zero attached hydrogens (tertiary/aromatic N) is 2. The standard InChI is InChI=1S/C14H21N3O/c1-10-6-11(4-5-15)7-16-14(10)17-8-12-2-3-13(9-17)18-12/h6-7,12-13H,2-5,8-9,15H2,1H3. The molecule has 0 radical (unpaired) electrons. The summed E-state index contributed by atoms with van der Waals surface area (Å²) in [6.07, 6.45) is 6.09. The highest BCUT2D eigenvalue weighted by Gasteiger charge is 2.34. The second-order valence-corrected chi connectivity index (χ2v) is 5.39. The Labute approximate surface area is 108 Å². The molecule has 2 fully saturated rings. The predicted molar refractivity (Wildman–Crippen MR) is 71.8 cm³/mol. The monoisotopic (exact) mass is 247 g/mol. The Morgan fingerprint density at radius 1 is 1.39 bits per heavy atom. The summed E-state index contributed by atoms with van der Waals surface area (Å²) in [5.74, 6) is 1.12. The van der Waals surface area contributed by atoms with Crippen molar-refractivity contribution >= 4 is 5.82 Å². The molecule has 3 heterocycles. The van der Waals surface area contributed by atoms with Gasteiger partial charge in [0.15, 0.2) is 0 Å². The van der Waals surface area contributed by atoms with Gasteiger partial charge in [-0.15, -0.1) is 0 Å². The van der Waals surface area contributed by atoms with Crippen molar-refractivity contribution in [1.29, 1.82) is 0 Å². The average Bonchev–Trinajstić information content (AvgIpc) is 2.69. The van der Waals surface area contributed by atoms with Crippen molar-refractivity contribution in [3.05, 3.63) is 23.4 Å². The molecule has 0 aliphatic carbocycles. The maximum atomic E-state index is 5.87. The lowest BCUT2D eigenvalue weighted by Gasteiger charge is -2.33. The summed E-state index contributed by atoms with van der Waals surface area (Å²) in [7, 11) is 0. The van der Waals surface area contributed by atoms with Crippen LogP contribution in [0.4, 0.5) is 5.82 Å². The smallest absolute Gasteiger partial charge is 0.131 e. The van der Waals surface area contributed by atoms with Gasteiger partial charge in [0.25, 0.3) is 0 Å². The molecule has 2 atom stereocenters. The normalized spacial score (nSPS) is 26.7. The van der Waals surface area contributed by atoms with Crippen molar-refractivity contribution in [1.82, 2.24) is 4.98 Å². The summed E-state index contributed by atoms with van der Waals surface area (Å²) >= 11 is 0. The third-order valence-electron chi connectivity index (χ3n) is 3.88. The second kappa shape index (κ2) is 4.86. The van der Waals surface area contributed by atoms with E-state index in [0.717, 1.165) is 25.3 Å². The summed E-state index contributed by atoms with van der Waals surface area (Å²) in [4.78, 5) is 7.01. The zero-order chi connectivity index (χ0) is 12.5. The minimum Gasteiger partial charge on any atom is -0.371 e. The van der Waals surface area contributed by atoms with E-state index >= 15 is 0 Å². The number of morpholine rings is 1. The van der Waals surface area contributed by atoms with Crippen molar-refractivity contribution in [2.24, 2.45) is 5.73 Å². The van der Waals surface area contributed by atoms with Gasteiger partial charge < -0.3 is 15.4 Å². The topological polar surface area (TPSA) is 51.4 Å². The summed E-state index contributed by atoms with van der Waals surface area (Å²) in [5, 5.41) is 0. The van der Waals surface area contributed by atoms with Crippen molar-refractivity contribution < 1.29 is 4.74 Å². The van der Waals surface area contributed by atoms with Gasteiger partial charge in [0.1, 0.15) is 5.82 Å². The summed E-state index contributed by atoms with van der Waals surface area (Å²) in [6, 6.07) is 2.21. The fourth-order valence-electron chi connectivity index (χ4n) is 3.05. The largest absolute Gasteiger partial charge is 0.371 e. The van der Waals surface area contributed by atoms with Crippen LogP contribution in [0.3, 0.4) is 0 Å². The van der Waals surface area contributed by atoms with E-state index in [4.69, 9.17) is 10.5 Å². The van der Waals surface area contributed by atoms with Crippen LogP contribution in [0, 0.1) is 6.92 Å². The first-order valence-electron chi connectivity index (χ1n) is 6.82. The molecule has 0 amide bonds. The molecule has 0 saturated carbocycles. The number of ether oxygens (including phenoxy) is 1. The van der Waals surface area contributed by atoms with Crippen LogP contribution in [0.25, 0.3) is 0 Å². The van der Waals surface area contributed by atoms with Crippen molar-refractivity contribution in [2.45, 2.75) is 38.4 Å². The number of aryl methyl sites for hydroxylation is 1. The molecule has 18 heavy (non-hydrogen) atoms. The average molecular weight is 247 g/mol. The number of rotatable bonds is 3. The van der Waals surface area contributed by atoms with Gasteiger partial charge in [-0.05, 0) is 43.9 Å². The first-order chi connectivity index (χ1) is 8.76. The fraction of sp³-hybridized carbons (Fsp3) is 0.643. The van der Waals surface area contributed by atoms with Gasteiger partial charge in [0, 0.05) is 19.3 Å². The van der Waals surface area contributed by atoms with Crippen molar-refractivity contribution in [3.63, 3.8) is 0 Å². The molecule has 2 unspecified atom stereocenters. The Morgan fingerprint density at radius 2 is 2.11 bits per heavy atom. The highest BCUT2D eigenvalue weighted by atomic mass is 16.5. The van der Waals surface area contributed by atoms with Crippen LogP contribution in [0.1, 0.15) is 24.0 Å². The van der Waals surface area contributed by atoms with Crippen molar-refractivity contribution in [2.75, 3.05) is 24.5 Å². The van der Waals surface area contributed by atoms with E-state index in [9.17, 15) is 0 Å². The Morgan fingerprint density at radius 3 is 2.72 bits per heavy atom. The van der Waals surface area contributed by atoms with Gasteiger partial charge in [0.2, 0.25) is 0 Å². The number of anilines is 1. The quantitative estimate of drug-likeness (QED) is 0.873. The van der Waals surface area contributed by atoms with Gasteiger partial charge in [-0.25, -0.2) is 4.98 Å². The van der Waals surface area contributed by atoms with Crippen LogP contribution >= 0.6 is 0 Å². The minimum absolute atomic E-state index is 0.411. The molecule has 2 aliphatic rings. The Kier molecular flexibility index (Phi) is 3.22. The Bertz CT molecular complexity index is 423. The van der Waals surface area contributed by atoms with E-state index < -0.39 is 0 Å². The molecule has 1 aromatic rings. The number of hydrogen-bond acceptors (Lipinski definition) is 4. The first kappa shape index (κ1) is 11.9. The zero-order valence-corrected chi connectivity index (χ0v) is 10.9. The van der Waals surface area contributed by atoms with Crippen LogP contribution in [0.2, 0.25) is 0 Å². The van der Waals surface area contributed by atoms with E-state index in [0.29, 0.717) is 18.8 Å². The van der Waals surface area contributed by atoms with Crippen LogP contribution in [-0.2, 0) is 11.2 Å². The number of hydrogen-bond donors (Lipinski definition) is 1. The molecule has 1 aromatic heterocycles. The van der Waals surface area contributed by atoms with Gasteiger partial charge >= 0.3 is 0 Å². The van der Waals surface area contributed by atoms with E-state index in [2.05, 4.69) is 22.9 Å². The lowest BCUT2D eigenvalue weighted by molar-refractivity contribution is 0.0302. The second-order valence-electron chi connectivity index (χ2n) is 5.39. The first-order valence-corrected chi connectivity index (χ1v) is 6.82. The SMILES string of the molecule is Cc1cc(CCN)cnc1N1CC2CCC(C1)O2. The van der Waals surface area contributed by atoms with Gasteiger partial charge in [0.05, 0.1) is 12.2 Å². The number of aromatic nitrogens is 1.